The van der Waals surface area contributed by atoms with E-state index >= 15 is 0 Å². The molecule has 3 rings (SSSR count). The Morgan fingerprint density at radius 3 is 1.64 bits per heavy atom. The van der Waals surface area contributed by atoms with Crippen LogP contribution < -0.4 is 43.0 Å². The van der Waals surface area contributed by atoms with Crippen molar-refractivity contribution in [3.63, 3.8) is 0 Å². The fraction of sp³-hybridized carbons (Fsp3) is 0.487. The normalized spacial score (nSPS) is 12.3. The van der Waals surface area contributed by atoms with Crippen LogP contribution in [0.3, 0.4) is 0 Å². The predicted molar refractivity (Wildman–Crippen MR) is 230 cm³/mol. The van der Waals surface area contributed by atoms with Gasteiger partial charge in [0.25, 0.3) is 5.91 Å². The number of hydrogen-bond acceptors (Lipinski definition) is 18. The van der Waals surface area contributed by atoms with Crippen molar-refractivity contribution in [2.24, 2.45) is 0 Å². The highest BCUT2D eigenvalue weighted by molar-refractivity contribution is 5.97. The molecule has 0 radical (unpaired) electrons. The Balaban J connectivity index is 1.21. The first kappa shape index (κ1) is 52.8. The highest BCUT2D eigenvalue weighted by atomic mass is 16.5. The second kappa shape index (κ2) is 27.6. The van der Waals surface area contributed by atoms with Gasteiger partial charge in [0.15, 0.2) is 17.0 Å². The lowest BCUT2D eigenvalue weighted by Gasteiger charge is -2.19. The van der Waals surface area contributed by atoms with Crippen molar-refractivity contribution in [1.29, 1.82) is 0 Å². The predicted octanol–water partition coefficient (Wildman–Crippen LogP) is -1.68. The maximum absolute atomic E-state index is 12.9. The number of ether oxygens (including phenoxy) is 3. The number of aliphatic carboxylic acids is 4. The number of carbonyl (C=O) groups excluding carboxylic acids is 4. The lowest BCUT2D eigenvalue weighted by molar-refractivity contribution is -0.141. The zero-order valence-corrected chi connectivity index (χ0v) is 35.9. The summed E-state index contributed by atoms with van der Waals surface area (Å²) in [5.74, 6) is -7.03. The molecule has 0 spiro atoms. The smallest absolute Gasteiger partial charge is 0.326 e. The second-order valence-electron chi connectivity index (χ2n) is 14.2. The number of nitrogens with two attached hydrogens (primary N) is 2. The number of fused-ring (bicyclic) bond motifs is 1. The molecule has 1 aromatic carbocycles. The number of hydrogen-bond donors (Lipinski definition) is 11. The Morgan fingerprint density at radius 2 is 1.14 bits per heavy atom. The van der Waals surface area contributed by atoms with Crippen molar-refractivity contribution >= 4 is 76.2 Å². The molecule has 0 aliphatic rings. The molecule has 0 saturated heterocycles. The number of anilines is 3. The maximum Gasteiger partial charge on any atom is 0.326 e. The van der Waals surface area contributed by atoms with Gasteiger partial charge in [-0.05, 0) is 43.5 Å². The van der Waals surface area contributed by atoms with Crippen LogP contribution in [0, 0.1) is 0 Å². The molecular formula is C39H54N12O15. The Hall–Kier alpha value is -7.52. The molecule has 3 atom stereocenters. The Labute approximate surface area is 376 Å². The second-order valence-corrected chi connectivity index (χ2v) is 14.2. The molecule has 360 valence electrons. The summed E-state index contributed by atoms with van der Waals surface area (Å²) in [6, 6.07) is 0.905. The molecule has 5 amide bonds. The summed E-state index contributed by atoms with van der Waals surface area (Å²) in [5, 5.41) is 48.5. The lowest BCUT2D eigenvalue weighted by Crippen LogP contribution is -2.51. The van der Waals surface area contributed by atoms with Gasteiger partial charge in [0, 0.05) is 50.7 Å². The third kappa shape index (κ3) is 19.5. The summed E-state index contributed by atoms with van der Waals surface area (Å²) >= 11 is 0. The Bertz CT molecular complexity index is 2150. The van der Waals surface area contributed by atoms with Gasteiger partial charge >= 0.3 is 29.9 Å². The zero-order chi connectivity index (χ0) is 48.6. The largest absolute Gasteiger partial charge is 0.481 e. The van der Waals surface area contributed by atoms with Gasteiger partial charge in [-0.2, -0.15) is 9.97 Å². The molecule has 0 aliphatic heterocycles. The number of benzene rings is 1. The van der Waals surface area contributed by atoms with Gasteiger partial charge < -0.3 is 77.6 Å². The summed E-state index contributed by atoms with van der Waals surface area (Å²) in [7, 11) is 1.80. The summed E-state index contributed by atoms with van der Waals surface area (Å²) in [4.78, 5) is 113. The first-order chi connectivity index (χ1) is 31.4. The van der Waals surface area contributed by atoms with E-state index in [0.29, 0.717) is 17.8 Å². The number of rotatable bonds is 31. The SMILES string of the molecule is CN(Cc1cnc2nc(N)nc(N)c2n1)c1ccc(C(=O)N[C@@H](CCC(=O)NCCOCCOCCOCCNC(=O)CC[C@H](NC(=O)N[C@@H](CCC(=O)O)C(=O)O)C(=O)O)C(=O)O)cc1. The third-order valence-corrected chi connectivity index (χ3v) is 9.13. The monoisotopic (exact) mass is 930 g/mol. The van der Waals surface area contributed by atoms with E-state index in [2.05, 4.69) is 41.2 Å². The van der Waals surface area contributed by atoms with Crippen LogP contribution in [0.1, 0.15) is 54.6 Å². The molecule has 0 saturated carbocycles. The minimum absolute atomic E-state index is 0.0111. The quantitative estimate of drug-likeness (QED) is 0.0321. The number of nitrogen functional groups attached to an aromatic ring is 2. The standard InChI is InChI=1S/C39H54N12O15/c1-51(21-23-20-44-33-31(45-23)32(40)49-38(41)50-33)24-4-2-22(3-5-24)34(56)46-25(35(57)58)6-9-28(52)42-12-14-64-16-18-66-19-17-65-15-13-43-29(53)10-7-26(36(59)60)47-39(63)48-27(37(61)62)8-11-30(54)55/h2-5,20,25-27H,6-19,21H2,1H3,(H,42,52)(H,43,53)(H,46,56)(H,54,55)(H,57,58)(H,59,60)(H,61,62)(H2,47,48,63)(H4,40,41,44,49,50)/t25-,26-,27-/m0/s1. The number of amides is 5. The van der Waals surface area contributed by atoms with Gasteiger partial charge in [0.05, 0.1) is 58.1 Å². The van der Waals surface area contributed by atoms with Gasteiger partial charge in [-0.3, -0.25) is 19.2 Å². The Kier molecular flexibility index (Phi) is 22.1. The van der Waals surface area contributed by atoms with E-state index in [1.807, 2.05) is 10.2 Å². The number of carbonyl (C=O) groups is 8. The average Bonchev–Trinajstić information content (AvgIpc) is 3.26. The molecule has 27 heteroatoms. The van der Waals surface area contributed by atoms with E-state index < -0.39 is 78.6 Å². The van der Waals surface area contributed by atoms with Gasteiger partial charge in [-0.1, -0.05) is 0 Å². The molecule has 13 N–H and O–H groups in total. The highest BCUT2D eigenvalue weighted by Gasteiger charge is 2.26. The van der Waals surface area contributed by atoms with Crippen LogP contribution in [0.4, 0.5) is 22.2 Å². The minimum atomic E-state index is -1.56. The van der Waals surface area contributed by atoms with E-state index in [9.17, 15) is 48.6 Å². The molecule has 0 fully saturated rings. The third-order valence-electron chi connectivity index (χ3n) is 9.13. The number of carboxylic acid groups (broad SMARTS) is 4. The number of nitrogens with zero attached hydrogens (tertiary/aromatic N) is 5. The van der Waals surface area contributed by atoms with E-state index in [4.69, 9.17) is 35.9 Å². The van der Waals surface area contributed by atoms with Gasteiger partial charge in [-0.25, -0.2) is 29.1 Å². The van der Waals surface area contributed by atoms with Crippen molar-refractivity contribution < 1.29 is 73.0 Å². The van der Waals surface area contributed by atoms with Crippen LogP contribution in [-0.4, -0.2) is 166 Å². The summed E-state index contributed by atoms with van der Waals surface area (Å²) < 4.78 is 16.2. The summed E-state index contributed by atoms with van der Waals surface area (Å²) in [5.41, 5.74) is 13.6. The van der Waals surface area contributed by atoms with Crippen LogP contribution in [0.2, 0.25) is 0 Å². The average molecular weight is 931 g/mol. The molecule has 2 aromatic heterocycles. The van der Waals surface area contributed by atoms with Gasteiger partial charge in [0.2, 0.25) is 17.8 Å². The minimum Gasteiger partial charge on any atom is -0.481 e. The molecule has 27 nitrogen and oxygen atoms in total. The summed E-state index contributed by atoms with van der Waals surface area (Å²) in [6.45, 7) is 1.66. The topological polar surface area (TPSA) is 412 Å². The molecule has 0 bridgehead atoms. The number of aromatic nitrogens is 4. The van der Waals surface area contributed by atoms with E-state index in [0.717, 1.165) is 5.69 Å². The number of urea groups is 1. The van der Waals surface area contributed by atoms with Crippen molar-refractivity contribution in [3.8, 4) is 0 Å². The van der Waals surface area contributed by atoms with E-state index in [-0.39, 0.29) is 101 Å². The van der Waals surface area contributed by atoms with Crippen molar-refractivity contribution in [2.75, 3.05) is 76.1 Å². The summed E-state index contributed by atoms with van der Waals surface area (Å²) in [6.07, 6.45) is -0.337. The first-order valence-electron chi connectivity index (χ1n) is 20.3. The molecular weight excluding hydrogens is 876 g/mol. The fourth-order valence-electron chi connectivity index (χ4n) is 5.69. The van der Waals surface area contributed by atoms with Gasteiger partial charge in [0.1, 0.15) is 18.1 Å². The molecule has 0 unspecified atom stereocenters. The maximum atomic E-state index is 12.9. The van der Waals surface area contributed by atoms with Crippen LogP contribution in [-0.2, 0) is 49.5 Å². The van der Waals surface area contributed by atoms with E-state index in [1.165, 1.54) is 6.20 Å². The van der Waals surface area contributed by atoms with Crippen LogP contribution in [0.25, 0.3) is 11.2 Å². The first-order valence-corrected chi connectivity index (χ1v) is 20.3. The molecule has 66 heavy (non-hydrogen) atoms. The number of carboxylic acids is 4. The van der Waals surface area contributed by atoms with Crippen molar-refractivity contribution in [2.45, 2.75) is 63.2 Å². The molecule has 0 aliphatic carbocycles. The van der Waals surface area contributed by atoms with E-state index in [1.54, 1.807) is 31.3 Å². The van der Waals surface area contributed by atoms with Crippen molar-refractivity contribution in [3.05, 3.63) is 41.7 Å². The fourth-order valence-corrected chi connectivity index (χ4v) is 5.69. The lowest BCUT2D eigenvalue weighted by atomic mass is 10.1. The van der Waals surface area contributed by atoms with Gasteiger partial charge in [-0.15, -0.1) is 0 Å². The zero-order valence-electron chi connectivity index (χ0n) is 35.9. The Morgan fingerprint density at radius 1 is 0.652 bits per heavy atom. The highest BCUT2D eigenvalue weighted by Crippen LogP contribution is 2.19. The van der Waals surface area contributed by atoms with Crippen LogP contribution >= 0.6 is 0 Å². The van der Waals surface area contributed by atoms with Crippen molar-refractivity contribution in [1.82, 2.24) is 46.5 Å². The van der Waals surface area contributed by atoms with Crippen LogP contribution in [0.15, 0.2) is 30.5 Å². The molecule has 3 aromatic rings. The molecule has 2 heterocycles. The van der Waals surface area contributed by atoms with Crippen LogP contribution in [0.5, 0.6) is 0 Å². The number of nitrogens with one attached hydrogen (secondary N) is 5.